The summed E-state index contributed by atoms with van der Waals surface area (Å²) in [5, 5.41) is 6.52. The van der Waals surface area contributed by atoms with Crippen molar-refractivity contribution in [3.8, 4) is 5.82 Å². The number of alkyl halides is 3. The van der Waals surface area contributed by atoms with Crippen LogP contribution in [0.4, 0.5) is 13.2 Å². The third-order valence-electron chi connectivity index (χ3n) is 3.73. The molecule has 0 bridgehead atoms. The largest absolute Gasteiger partial charge is 0.416 e. The fourth-order valence-electron chi connectivity index (χ4n) is 2.44. The molecule has 0 saturated heterocycles. The van der Waals surface area contributed by atoms with E-state index < -0.39 is 23.7 Å². The summed E-state index contributed by atoms with van der Waals surface area (Å²) in [7, 11) is 0. The maximum absolute atomic E-state index is 12.9. The average molecular weight is 522 g/mol. The quantitative estimate of drug-likeness (QED) is 0.516. The van der Waals surface area contributed by atoms with Gasteiger partial charge in [-0.15, -0.1) is 0 Å². The van der Waals surface area contributed by atoms with E-state index in [2.05, 4.69) is 43.0 Å². The smallest absolute Gasteiger partial charge is 0.342 e. The van der Waals surface area contributed by atoms with Crippen LogP contribution in [-0.4, -0.2) is 25.7 Å². The second-order valence-electron chi connectivity index (χ2n) is 5.79. The second-order valence-corrected chi connectivity index (χ2v) is 7.47. The summed E-state index contributed by atoms with van der Waals surface area (Å²) >= 11 is 7.85. The highest BCUT2D eigenvalue weighted by molar-refractivity contribution is 14.1. The molecule has 0 spiro atoms. The maximum atomic E-state index is 12.9. The number of amides is 1. The van der Waals surface area contributed by atoms with Crippen LogP contribution in [0.2, 0.25) is 5.02 Å². The fourth-order valence-corrected chi connectivity index (χ4v) is 3.00. The number of carbonyl (C=O) groups is 1. The minimum atomic E-state index is -4.61. The molecule has 28 heavy (non-hydrogen) atoms. The Morgan fingerprint density at radius 1 is 1.25 bits per heavy atom. The first-order chi connectivity index (χ1) is 13.1. The molecule has 3 aromatic rings. The van der Waals surface area contributed by atoms with Crippen LogP contribution in [-0.2, 0) is 6.18 Å². The van der Waals surface area contributed by atoms with Crippen molar-refractivity contribution >= 4 is 40.1 Å². The highest BCUT2D eigenvalue weighted by Gasteiger charge is 2.32. The third-order valence-corrected chi connectivity index (χ3v) is 4.58. The Morgan fingerprint density at radius 3 is 2.64 bits per heavy atom. The van der Waals surface area contributed by atoms with Crippen LogP contribution in [0.1, 0.15) is 34.7 Å². The van der Waals surface area contributed by atoms with E-state index in [9.17, 15) is 18.0 Å². The molecule has 0 radical (unpaired) electrons. The number of halogens is 5. The van der Waals surface area contributed by atoms with Gasteiger partial charge in [0.2, 0.25) is 0 Å². The van der Waals surface area contributed by atoms with Gasteiger partial charge in [-0.3, -0.25) is 4.79 Å². The molecular formula is C17H12ClF3IN5O. The summed E-state index contributed by atoms with van der Waals surface area (Å²) in [6.07, 6.45) is -1.66. The maximum Gasteiger partial charge on any atom is 0.416 e. The highest BCUT2D eigenvalue weighted by Crippen LogP contribution is 2.32. The van der Waals surface area contributed by atoms with Crippen molar-refractivity contribution in [2.24, 2.45) is 0 Å². The van der Waals surface area contributed by atoms with E-state index in [1.54, 1.807) is 19.2 Å². The summed E-state index contributed by atoms with van der Waals surface area (Å²) < 4.78 is 41.2. The molecule has 2 heterocycles. The Morgan fingerprint density at radius 2 is 2.00 bits per heavy atom. The zero-order chi connectivity index (χ0) is 20.5. The van der Waals surface area contributed by atoms with Gasteiger partial charge in [0.05, 0.1) is 11.6 Å². The van der Waals surface area contributed by atoms with Crippen molar-refractivity contribution in [2.75, 3.05) is 0 Å². The standard InChI is InChI=1S/C17H12ClF3IN5O/c1-9(15-24-8-25-27(15)14-3-2-13(22)7-23-14)26-16(28)10-4-11(17(19,20)21)6-12(18)5-10/h2-9H,1H3,(H,26,28). The molecule has 0 aliphatic heterocycles. The Hall–Kier alpha value is -2.21. The summed E-state index contributed by atoms with van der Waals surface area (Å²) in [6, 6.07) is 5.61. The minimum absolute atomic E-state index is 0.182. The van der Waals surface area contributed by atoms with Gasteiger partial charge in [0, 0.05) is 20.4 Å². The molecule has 1 atom stereocenters. The fraction of sp³-hybridized carbons (Fsp3) is 0.176. The number of hydrogen-bond acceptors (Lipinski definition) is 4. The van der Waals surface area contributed by atoms with Crippen molar-refractivity contribution < 1.29 is 18.0 Å². The summed E-state index contributed by atoms with van der Waals surface area (Å²) in [5.74, 6) is 0.155. The molecule has 11 heteroatoms. The normalized spacial score (nSPS) is 12.6. The van der Waals surface area contributed by atoms with E-state index in [0.29, 0.717) is 11.6 Å². The average Bonchev–Trinajstić information content (AvgIpc) is 3.11. The molecular weight excluding hydrogens is 510 g/mol. The third kappa shape index (κ3) is 4.61. The van der Waals surface area contributed by atoms with Crippen LogP contribution in [0, 0.1) is 3.57 Å². The molecule has 1 amide bonds. The number of pyridine rings is 1. The van der Waals surface area contributed by atoms with Crippen LogP contribution in [0.5, 0.6) is 0 Å². The van der Waals surface area contributed by atoms with Crippen molar-refractivity contribution in [2.45, 2.75) is 19.1 Å². The first-order valence-corrected chi connectivity index (χ1v) is 9.31. The van der Waals surface area contributed by atoms with Crippen molar-refractivity contribution in [3.05, 3.63) is 68.4 Å². The lowest BCUT2D eigenvalue weighted by molar-refractivity contribution is -0.137. The molecule has 6 nitrogen and oxygen atoms in total. The zero-order valence-corrected chi connectivity index (χ0v) is 17.1. The van der Waals surface area contributed by atoms with E-state index in [4.69, 9.17) is 11.6 Å². The lowest BCUT2D eigenvalue weighted by atomic mass is 10.1. The van der Waals surface area contributed by atoms with Gasteiger partial charge in [0.1, 0.15) is 6.33 Å². The number of nitrogens with one attached hydrogen (secondary N) is 1. The number of nitrogens with zero attached hydrogens (tertiary/aromatic N) is 4. The lowest BCUT2D eigenvalue weighted by Gasteiger charge is -2.15. The molecule has 0 aliphatic carbocycles. The van der Waals surface area contributed by atoms with Crippen LogP contribution in [0.25, 0.3) is 5.82 Å². The zero-order valence-electron chi connectivity index (χ0n) is 14.2. The Bertz CT molecular complexity index is 1010. The SMILES string of the molecule is CC(NC(=O)c1cc(Cl)cc(C(F)(F)F)c1)c1ncnn1-c1ccc(I)cn1. The van der Waals surface area contributed by atoms with Gasteiger partial charge >= 0.3 is 6.18 Å². The number of aromatic nitrogens is 4. The molecule has 1 N–H and O–H groups in total. The molecule has 0 aliphatic rings. The molecule has 2 aromatic heterocycles. The van der Waals surface area contributed by atoms with Crippen LogP contribution >= 0.6 is 34.2 Å². The van der Waals surface area contributed by atoms with E-state index >= 15 is 0 Å². The number of carbonyl (C=O) groups excluding carboxylic acids is 1. The van der Waals surface area contributed by atoms with Gasteiger partial charge in [-0.2, -0.15) is 23.0 Å². The Labute approximate surface area is 176 Å². The van der Waals surface area contributed by atoms with Gasteiger partial charge in [0.15, 0.2) is 11.6 Å². The van der Waals surface area contributed by atoms with Gasteiger partial charge in [-0.25, -0.2) is 9.97 Å². The van der Waals surface area contributed by atoms with Crippen LogP contribution in [0.3, 0.4) is 0 Å². The van der Waals surface area contributed by atoms with Crippen molar-refractivity contribution in [1.82, 2.24) is 25.1 Å². The second kappa shape index (κ2) is 8.03. The van der Waals surface area contributed by atoms with Gasteiger partial charge in [0.25, 0.3) is 5.91 Å². The van der Waals surface area contributed by atoms with E-state index in [1.165, 1.54) is 17.1 Å². The van der Waals surface area contributed by atoms with E-state index in [-0.39, 0.29) is 10.6 Å². The van der Waals surface area contributed by atoms with E-state index in [1.807, 2.05) is 6.07 Å². The van der Waals surface area contributed by atoms with Gasteiger partial charge in [-0.1, -0.05) is 11.6 Å². The topological polar surface area (TPSA) is 72.7 Å². The van der Waals surface area contributed by atoms with E-state index in [0.717, 1.165) is 15.7 Å². The number of hydrogen-bond donors (Lipinski definition) is 1. The molecule has 0 fully saturated rings. The minimum Gasteiger partial charge on any atom is -0.342 e. The van der Waals surface area contributed by atoms with Gasteiger partial charge in [-0.05, 0) is 59.8 Å². The Kier molecular flexibility index (Phi) is 5.89. The lowest BCUT2D eigenvalue weighted by Crippen LogP contribution is -2.29. The van der Waals surface area contributed by atoms with Crippen molar-refractivity contribution in [3.63, 3.8) is 0 Å². The predicted octanol–water partition coefficient (Wildman–Crippen LogP) is 4.43. The summed E-state index contributed by atoms with van der Waals surface area (Å²) in [5.41, 5.74) is -1.20. The first kappa shape index (κ1) is 20.5. The predicted molar refractivity (Wildman–Crippen MR) is 104 cm³/mol. The Balaban J connectivity index is 1.84. The molecule has 1 aromatic carbocycles. The first-order valence-electron chi connectivity index (χ1n) is 7.85. The number of rotatable bonds is 4. The number of benzene rings is 1. The summed E-state index contributed by atoms with van der Waals surface area (Å²) in [4.78, 5) is 20.8. The summed E-state index contributed by atoms with van der Waals surface area (Å²) in [6.45, 7) is 1.64. The van der Waals surface area contributed by atoms with Gasteiger partial charge < -0.3 is 5.32 Å². The molecule has 146 valence electrons. The molecule has 3 rings (SSSR count). The van der Waals surface area contributed by atoms with Crippen molar-refractivity contribution in [1.29, 1.82) is 0 Å². The molecule has 0 saturated carbocycles. The van der Waals surface area contributed by atoms with Crippen LogP contribution in [0.15, 0.2) is 42.9 Å². The monoisotopic (exact) mass is 521 g/mol. The molecule has 1 unspecified atom stereocenters. The van der Waals surface area contributed by atoms with Crippen LogP contribution < -0.4 is 5.32 Å². The highest BCUT2D eigenvalue weighted by atomic mass is 127.